The minimum absolute atomic E-state index is 0.590. The first-order valence-electron chi connectivity index (χ1n) is 3.70. The second kappa shape index (κ2) is 5.80. The standard InChI is InChI=1S/C8H15O/c1-3-5-8(4-2)6-7-9/h8H,3-6H2,1-2H3. The van der Waals surface area contributed by atoms with E-state index in [9.17, 15) is 4.79 Å². The molecule has 53 valence electrons. The first-order chi connectivity index (χ1) is 4.35. The Labute approximate surface area is 57.5 Å². The maximum atomic E-state index is 9.92. The molecular weight excluding hydrogens is 112 g/mol. The van der Waals surface area contributed by atoms with E-state index in [2.05, 4.69) is 13.8 Å². The van der Waals surface area contributed by atoms with Crippen molar-refractivity contribution in [1.82, 2.24) is 0 Å². The first-order valence-corrected chi connectivity index (χ1v) is 3.70. The molecule has 0 aliphatic heterocycles. The quantitative estimate of drug-likeness (QED) is 0.554. The van der Waals surface area contributed by atoms with Gasteiger partial charge in [-0.1, -0.05) is 33.1 Å². The van der Waals surface area contributed by atoms with Crippen LogP contribution in [0.4, 0.5) is 0 Å². The SMILES string of the molecule is CCCC(CC)C[C]=O. The van der Waals surface area contributed by atoms with Gasteiger partial charge in [-0.05, 0) is 5.92 Å². The van der Waals surface area contributed by atoms with Gasteiger partial charge in [0, 0.05) is 6.42 Å². The number of rotatable bonds is 5. The molecule has 0 bridgehead atoms. The minimum atomic E-state index is 0.590. The van der Waals surface area contributed by atoms with Crippen molar-refractivity contribution in [3.63, 3.8) is 0 Å². The molecule has 0 amide bonds. The van der Waals surface area contributed by atoms with Crippen molar-refractivity contribution in [3.05, 3.63) is 0 Å². The van der Waals surface area contributed by atoms with Crippen LogP contribution < -0.4 is 0 Å². The monoisotopic (exact) mass is 127 g/mol. The highest BCUT2D eigenvalue weighted by molar-refractivity contribution is 5.50. The van der Waals surface area contributed by atoms with Crippen LogP contribution in [0.5, 0.6) is 0 Å². The van der Waals surface area contributed by atoms with Crippen LogP contribution in [0.1, 0.15) is 39.5 Å². The van der Waals surface area contributed by atoms with E-state index in [0.29, 0.717) is 12.3 Å². The number of hydrogen-bond donors (Lipinski definition) is 0. The molecular formula is C8H15O. The van der Waals surface area contributed by atoms with Gasteiger partial charge in [-0.2, -0.15) is 0 Å². The van der Waals surface area contributed by atoms with Crippen LogP contribution in [0, 0.1) is 5.92 Å². The van der Waals surface area contributed by atoms with Crippen LogP contribution in [-0.2, 0) is 4.79 Å². The van der Waals surface area contributed by atoms with E-state index in [4.69, 9.17) is 0 Å². The van der Waals surface area contributed by atoms with Gasteiger partial charge in [0.25, 0.3) is 0 Å². The van der Waals surface area contributed by atoms with Crippen molar-refractivity contribution in [2.75, 3.05) is 0 Å². The molecule has 1 heteroatoms. The third-order valence-corrected chi connectivity index (χ3v) is 1.65. The molecule has 0 saturated heterocycles. The highest BCUT2D eigenvalue weighted by Crippen LogP contribution is 2.12. The lowest BCUT2D eigenvalue weighted by atomic mass is 9.98. The lowest BCUT2D eigenvalue weighted by Gasteiger charge is -2.07. The normalized spacial score (nSPS) is 13.1. The molecule has 1 nitrogen and oxygen atoms in total. The van der Waals surface area contributed by atoms with Crippen LogP contribution >= 0.6 is 0 Å². The van der Waals surface area contributed by atoms with E-state index in [1.54, 1.807) is 0 Å². The summed E-state index contributed by atoms with van der Waals surface area (Å²) in [7, 11) is 0. The fourth-order valence-corrected chi connectivity index (χ4v) is 0.977. The lowest BCUT2D eigenvalue weighted by molar-refractivity contribution is 0.460. The maximum Gasteiger partial charge on any atom is 0.198 e. The average molecular weight is 127 g/mol. The molecule has 0 N–H and O–H groups in total. The van der Waals surface area contributed by atoms with Crippen LogP contribution in [0.2, 0.25) is 0 Å². The fourth-order valence-electron chi connectivity index (χ4n) is 0.977. The zero-order valence-electron chi connectivity index (χ0n) is 6.31. The Kier molecular flexibility index (Phi) is 5.59. The molecule has 1 radical (unpaired) electrons. The Morgan fingerprint density at radius 1 is 1.44 bits per heavy atom. The van der Waals surface area contributed by atoms with Crippen molar-refractivity contribution < 1.29 is 4.79 Å². The van der Waals surface area contributed by atoms with E-state index >= 15 is 0 Å². The summed E-state index contributed by atoms with van der Waals surface area (Å²) in [5.74, 6) is 0.590. The van der Waals surface area contributed by atoms with Gasteiger partial charge in [-0.3, -0.25) is 4.79 Å². The molecule has 0 aliphatic rings. The van der Waals surface area contributed by atoms with Crippen molar-refractivity contribution in [2.24, 2.45) is 5.92 Å². The number of hydrogen-bond acceptors (Lipinski definition) is 1. The van der Waals surface area contributed by atoms with Gasteiger partial charge in [0.1, 0.15) is 0 Å². The minimum Gasteiger partial charge on any atom is -0.291 e. The van der Waals surface area contributed by atoms with E-state index in [-0.39, 0.29) is 0 Å². The molecule has 1 unspecified atom stereocenters. The summed E-state index contributed by atoms with van der Waals surface area (Å²) in [4.78, 5) is 9.92. The van der Waals surface area contributed by atoms with Gasteiger partial charge in [-0.25, -0.2) is 0 Å². The maximum absolute atomic E-state index is 9.92. The second-order valence-electron chi connectivity index (χ2n) is 2.41. The lowest BCUT2D eigenvalue weighted by Crippen LogP contribution is -1.97. The van der Waals surface area contributed by atoms with Gasteiger partial charge in [0.2, 0.25) is 0 Å². The summed E-state index contributed by atoms with van der Waals surface area (Å²) < 4.78 is 0. The Hall–Kier alpha value is -0.330. The summed E-state index contributed by atoms with van der Waals surface area (Å²) in [6, 6.07) is 0. The highest BCUT2D eigenvalue weighted by atomic mass is 16.1. The largest absolute Gasteiger partial charge is 0.291 e. The van der Waals surface area contributed by atoms with Crippen molar-refractivity contribution in [1.29, 1.82) is 0 Å². The van der Waals surface area contributed by atoms with Crippen molar-refractivity contribution >= 4 is 6.29 Å². The molecule has 0 aromatic heterocycles. The molecule has 0 aliphatic carbocycles. The molecule has 0 heterocycles. The fraction of sp³-hybridized carbons (Fsp3) is 0.875. The van der Waals surface area contributed by atoms with E-state index in [0.717, 1.165) is 6.42 Å². The molecule has 0 saturated carbocycles. The summed E-state index contributed by atoms with van der Waals surface area (Å²) in [6.45, 7) is 4.27. The number of carbonyl (C=O) groups excluding carboxylic acids is 1. The zero-order chi connectivity index (χ0) is 7.11. The predicted molar refractivity (Wildman–Crippen MR) is 39.0 cm³/mol. The Morgan fingerprint density at radius 2 is 2.11 bits per heavy atom. The third kappa shape index (κ3) is 4.19. The topological polar surface area (TPSA) is 17.1 Å². The Bertz CT molecular complexity index is 69.0. The summed E-state index contributed by atoms with van der Waals surface area (Å²) >= 11 is 0. The third-order valence-electron chi connectivity index (χ3n) is 1.65. The van der Waals surface area contributed by atoms with Gasteiger partial charge in [0.15, 0.2) is 6.29 Å². The molecule has 0 spiro atoms. The zero-order valence-corrected chi connectivity index (χ0v) is 6.31. The van der Waals surface area contributed by atoms with Gasteiger partial charge >= 0.3 is 0 Å². The summed E-state index contributed by atoms with van der Waals surface area (Å²) in [6.07, 6.45) is 6.05. The second-order valence-corrected chi connectivity index (χ2v) is 2.41. The molecule has 1 atom stereocenters. The molecule has 0 aromatic rings. The summed E-state index contributed by atoms with van der Waals surface area (Å²) in [5, 5.41) is 0. The van der Waals surface area contributed by atoms with E-state index in [1.165, 1.54) is 12.8 Å². The molecule has 9 heavy (non-hydrogen) atoms. The van der Waals surface area contributed by atoms with Gasteiger partial charge in [-0.15, -0.1) is 0 Å². The van der Waals surface area contributed by atoms with Crippen LogP contribution in [0.25, 0.3) is 0 Å². The van der Waals surface area contributed by atoms with Gasteiger partial charge in [0.05, 0.1) is 0 Å². The first kappa shape index (κ1) is 8.67. The van der Waals surface area contributed by atoms with Crippen molar-refractivity contribution in [2.45, 2.75) is 39.5 Å². The smallest absolute Gasteiger partial charge is 0.198 e. The molecule has 0 fully saturated rings. The Morgan fingerprint density at radius 3 is 2.44 bits per heavy atom. The van der Waals surface area contributed by atoms with Crippen LogP contribution in [0.3, 0.4) is 0 Å². The van der Waals surface area contributed by atoms with Gasteiger partial charge < -0.3 is 0 Å². The van der Waals surface area contributed by atoms with Crippen LogP contribution in [-0.4, -0.2) is 6.29 Å². The van der Waals surface area contributed by atoms with E-state index in [1.807, 2.05) is 6.29 Å². The predicted octanol–water partition coefficient (Wildman–Crippen LogP) is 2.31. The summed E-state index contributed by atoms with van der Waals surface area (Å²) in [5.41, 5.74) is 0. The van der Waals surface area contributed by atoms with Crippen LogP contribution in [0.15, 0.2) is 0 Å². The highest BCUT2D eigenvalue weighted by Gasteiger charge is 2.02. The average Bonchev–Trinajstić information content (AvgIpc) is 1.88. The van der Waals surface area contributed by atoms with E-state index < -0.39 is 0 Å². The Balaban J connectivity index is 3.28. The molecule has 0 aromatic carbocycles. The van der Waals surface area contributed by atoms with Crippen molar-refractivity contribution in [3.8, 4) is 0 Å². The molecule has 0 rings (SSSR count).